The molecule has 0 saturated carbocycles. The second kappa shape index (κ2) is 10.1. The molecule has 0 bridgehead atoms. The highest BCUT2D eigenvalue weighted by molar-refractivity contribution is 7.00. The van der Waals surface area contributed by atoms with Gasteiger partial charge in [-0.15, -0.1) is 0 Å². The summed E-state index contributed by atoms with van der Waals surface area (Å²) in [4.78, 5) is 2.00. The van der Waals surface area contributed by atoms with Crippen molar-refractivity contribution >= 4 is 43.4 Å². The first-order valence-corrected chi connectivity index (χ1v) is 13.8. The highest BCUT2D eigenvalue weighted by Gasteiger charge is 2.48. The Morgan fingerprint density at radius 1 is 0.714 bits per heavy atom. The molecule has 0 radical (unpaired) electrons. The molecule has 0 spiro atoms. The van der Waals surface area contributed by atoms with E-state index in [2.05, 4.69) is 60.7 Å². The van der Waals surface area contributed by atoms with Gasteiger partial charge < -0.3 is 17.2 Å². The lowest BCUT2D eigenvalue weighted by molar-refractivity contribution is 0.306. The zero-order chi connectivity index (χ0) is 19.8. The summed E-state index contributed by atoms with van der Waals surface area (Å²) in [5.74, 6) is 0. The maximum atomic E-state index is 6.70. The molecule has 0 N–H and O–H groups in total. The normalized spacial score (nSPS) is 19.1. The molecule has 1 heterocycles. The Kier molecular flexibility index (Phi) is 7.51. The quantitative estimate of drug-likeness (QED) is 0.576. The summed E-state index contributed by atoms with van der Waals surface area (Å²) in [5, 5.41) is 3.48. The van der Waals surface area contributed by atoms with Crippen LogP contribution in [0.15, 0.2) is 91.0 Å². The molecule has 0 aromatic heterocycles. The molecule has 1 fully saturated rings. The van der Waals surface area contributed by atoms with Gasteiger partial charge in [-0.2, -0.15) is 0 Å². The third kappa shape index (κ3) is 5.15. The van der Waals surface area contributed by atoms with E-state index in [-0.39, 0.29) is 0 Å². The summed E-state index contributed by atoms with van der Waals surface area (Å²) >= 11 is 0. The van der Waals surface area contributed by atoms with Crippen molar-refractivity contribution in [1.82, 2.24) is 4.90 Å². The first kappa shape index (κ1) is 20.9. The van der Waals surface area contributed by atoms with E-state index in [4.69, 9.17) is 12.3 Å². The van der Waals surface area contributed by atoms with Gasteiger partial charge >= 0.3 is 17.8 Å². The van der Waals surface area contributed by atoms with Crippen molar-refractivity contribution in [3.05, 3.63) is 91.0 Å². The Hall–Kier alpha value is -1.85. The molecule has 1 aliphatic rings. The van der Waals surface area contributed by atoms with E-state index < -0.39 is 27.9 Å². The topological polar surface area (TPSA) is 30.9 Å². The van der Waals surface area contributed by atoms with Gasteiger partial charge in [0.1, 0.15) is 0 Å². The Bertz CT molecular complexity index is 793. The molecule has 3 aromatic rings. The van der Waals surface area contributed by atoms with E-state index in [0.29, 0.717) is 0 Å². The number of hydrogen-bond donors (Lipinski definition) is 0. The number of rotatable bonds is 3. The predicted octanol–water partition coefficient (Wildman–Crippen LogP) is 0.611. The first-order chi connectivity index (χ1) is 13.6. The van der Waals surface area contributed by atoms with Gasteiger partial charge in [0.05, 0.1) is 0 Å². The van der Waals surface area contributed by atoms with Crippen molar-refractivity contribution in [2.75, 3.05) is 21.1 Å². The number of benzene rings is 3. The van der Waals surface area contributed by atoms with Crippen LogP contribution in [0.4, 0.5) is 0 Å². The lowest BCUT2D eigenvalue weighted by Crippen LogP contribution is -2.70. The predicted molar refractivity (Wildman–Crippen MR) is 123 cm³/mol. The lowest BCUT2D eigenvalue weighted by Gasteiger charge is -2.39. The van der Waals surface area contributed by atoms with E-state index in [1.807, 2.05) is 56.4 Å². The molecular formula is C21H27NO3Si3. The van der Waals surface area contributed by atoms with Gasteiger partial charge in [0.15, 0.2) is 0 Å². The molecule has 1 aliphatic heterocycles. The van der Waals surface area contributed by atoms with Crippen LogP contribution in [0, 0.1) is 0 Å². The summed E-state index contributed by atoms with van der Waals surface area (Å²) in [6, 6.07) is 31.1. The van der Waals surface area contributed by atoms with Crippen LogP contribution >= 0.6 is 0 Å². The summed E-state index contributed by atoms with van der Waals surface area (Å²) in [6.07, 6.45) is 0. The fraction of sp³-hybridized carbons (Fsp3) is 0.143. The Labute approximate surface area is 172 Å². The summed E-state index contributed by atoms with van der Waals surface area (Å²) < 4.78 is 19.1. The third-order valence-corrected chi connectivity index (χ3v) is 13.3. The van der Waals surface area contributed by atoms with Crippen molar-refractivity contribution in [3.63, 3.8) is 0 Å². The molecule has 0 amide bonds. The van der Waals surface area contributed by atoms with Gasteiger partial charge in [-0.1, -0.05) is 91.0 Å². The minimum absolute atomic E-state index is 1.08. The summed E-state index contributed by atoms with van der Waals surface area (Å²) in [7, 11) is 0.291. The molecule has 1 saturated heterocycles. The van der Waals surface area contributed by atoms with Crippen molar-refractivity contribution in [2.24, 2.45) is 0 Å². The van der Waals surface area contributed by atoms with Crippen molar-refractivity contribution in [1.29, 1.82) is 0 Å². The Balaban J connectivity index is 0.000000516. The monoisotopic (exact) mass is 425 g/mol. The molecule has 146 valence electrons. The second-order valence-corrected chi connectivity index (χ2v) is 14.4. The molecule has 4 rings (SSSR count). The van der Waals surface area contributed by atoms with Crippen molar-refractivity contribution in [3.8, 4) is 0 Å². The average molecular weight is 426 g/mol. The van der Waals surface area contributed by atoms with E-state index >= 15 is 0 Å². The fourth-order valence-electron chi connectivity index (χ4n) is 2.96. The van der Waals surface area contributed by atoms with Gasteiger partial charge in [-0.05, 0) is 36.7 Å². The molecule has 0 aliphatic carbocycles. The van der Waals surface area contributed by atoms with Gasteiger partial charge in [-0.25, -0.2) is 0 Å². The maximum Gasteiger partial charge on any atom is 0.389 e. The summed E-state index contributed by atoms with van der Waals surface area (Å²) in [6.45, 7) is 0. The van der Waals surface area contributed by atoms with Crippen LogP contribution in [-0.4, -0.2) is 53.9 Å². The van der Waals surface area contributed by atoms with Crippen LogP contribution in [0.3, 0.4) is 0 Å². The molecule has 7 heteroatoms. The van der Waals surface area contributed by atoms with Gasteiger partial charge in [0, 0.05) is 0 Å². The highest BCUT2D eigenvalue weighted by atomic mass is 28.5. The largest absolute Gasteiger partial charge is 0.419 e. The zero-order valence-corrected chi connectivity index (χ0v) is 20.2. The average Bonchev–Trinajstić information content (AvgIpc) is 2.75. The standard InChI is InChI=1S/C18H18O3Si3.C3H9N/c1-4-10-16(11-5-1)23-19-22-20-24(21-23,17-12-6-2-7-13-17)18-14-8-3-9-15-18;1-4(2)3/h1-15,23H,22H2;1-3H3. The van der Waals surface area contributed by atoms with Crippen LogP contribution in [0.1, 0.15) is 0 Å². The Morgan fingerprint density at radius 3 is 1.61 bits per heavy atom. The van der Waals surface area contributed by atoms with Crippen LogP contribution in [0.2, 0.25) is 0 Å². The summed E-state index contributed by atoms with van der Waals surface area (Å²) in [5.41, 5.74) is 0. The van der Waals surface area contributed by atoms with Crippen LogP contribution < -0.4 is 15.6 Å². The van der Waals surface area contributed by atoms with Gasteiger partial charge in [0.25, 0.3) is 10.0 Å². The van der Waals surface area contributed by atoms with Gasteiger partial charge in [-0.3, -0.25) is 0 Å². The molecule has 3 aromatic carbocycles. The van der Waals surface area contributed by atoms with Crippen molar-refractivity contribution in [2.45, 2.75) is 0 Å². The first-order valence-electron chi connectivity index (χ1n) is 9.32. The number of hydrogen-bond acceptors (Lipinski definition) is 4. The highest BCUT2D eigenvalue weighted by Crippen LogP contribution is 2.15. The fourth-order valence-corrected chi connectivity index (χ4v) is 13.8. The van der Waals surface area contributed by atoms with E-state index in [1.165, 1.54) is 5.19 Å². The smallest absolute Gasteiger partial charge is 0.389 e. The minimum Gasteiger partial charge on any atom is -0.419 e. The third-order valence-electron chi connectivity index (χ3n) is 4.13. The Morgan fingerprint density at radius 2 is 1.14 bits per heavy atom. The maximum absolute atomic E-state index is 6.70. The van der Waals surface area contributed by atoms with E-state index in [0.717, 1.165) is 10.4 Å². The van der Waals surface area contributed by atoms with E-state index in [9.17, 15) is 0 Å². The van der Waals surface area contributed by atoms with Gasteiger partial charge in [0.2, 0.25) is 0 Å². The van der Waals surface area contributed by atoms with Crippen LogP contribution in [0.25, 0.3) is 0 Å². The molecule has 28 heavy (non-hydrogen) atoms. The minimum atomic E-state index is -2.68. The number of nitrogens with zero attached hydrogens (tertiary/aromatic N) is 1. The SMILES string of the molecule is CN(C)C.c1ccc([SiH]2O[SiH2]O[Si](c3ccccc3)(c3ccccc3)O2)cc1. The van der Waals surface area contributed by atoms with Crippen LogP contribution in [0.5, 0.6) is 0 Å². The van der Waals surface area contributed by atoms with E-state index in [1.54, 1.807) is 0 Å². The molecule has 1 atom stereocenters. The van der Waals surface area contributed by atoms with Crippen LogP contribution in [-0.2, 0) is 12.3 Å². The van der Waals surface area contributed by atoms with Crippen molar-refractivity contribution < 1.29 is 12.3 Å². The molecule has 4 nitrogen and oxygen atoms in total. The molecular weight excluding hydrogens is 398 g/mol. The molecule has 1 unspecified atom stereocenters. The zero-order valence-electron chi connectivity index (χ0n) is 16.6. The second-order valence-electron chi connectivity index (χ2n) is 6.98. The lowest BCUT2D eigenvalue weighted by atomic mass is 10.4.